The Kier molecular flexibility index (Phi) is 7.72. The minimum atomic E-state index is -1.22. The third-order valence-corrected chi connectivity index (χ3v) is 6.16. The Hall–Kier alpha value is -0.860. The average Bonchev–Trinajstić information content (AvgIpc) is 2.69. The summed E-state index contributed by atoms with van der Waals surface area (Å²) in [6, 6.07) is -1.61. The summed E-state index contributed by atoms with van der Waals surface area (Å²) in [5.74, 6) is 0.638. The third-order valence-electron chi connectivity index (χ3n) is 6.16. The maximum atomic E-state index is 10.6. The maximum absolute atomic E-state index is 10.6. The molecule has 0 aromatic carbocycles. The van der Waals surface area contributed by atoms with Gasteiger partial charge in [0.1, 0.15) is 17.5 Å². The molecule has 30 heavy (non-hydrogen) atoms. The van der Waals surface area contributed by atoms with E-state index in [4.69, 9.17) is 41.9 Å². The highest BCUT2D eigenvalue weighted by atomic mass is 16.7. The van der Waals surface area contributed by atoms with E-state index in [2.05, 4.69) is 5.32 Å². The molecule has 10 atom stereocenters. The highest BCUT2D eigenvalue weighted by molar-refractivity contribution is 5.03. The van der Waals surface area contributed by atoms with Gasteiger partial charge in [0.05, 0.1) is 37.4 Å². The Morgan fingerprint density at radius 3 is 2.37 bits per heavy atom. The monoisotopic (exact) mass is 431 g/mol. The molecule has 2 heterocycles. The van der Waals surface area contributed by atoms with Gasteiger partial charge in [-0.1, -0.05) is 0 Å². The van der Waals surface area contributed by atoms with E-state index in [1.807, 2.05) is 6.08 Å². The van der Waals surface area contributed by atoms with Crippen LogP contribution in [0.2, 0.25) is 0 Å². The highest BCUT2D eigenvalue weighted by Gasteiger charge is 2.48. The van der Waals surface area contributed by atoms with E-state index in [0.29, 0.717) is 25.0 Å². The lowest BCUT2D eigenvalue weighted by Crippen LogP contribution is -2.66. The lowest BCUT2D eigenvalue weighted by atomic mass is 9.86. The minimum Gasteiger partial charge on any atom is -0.467 e. The van der Waals surface area contributed by atoms with E-state index in [0.717, 1.165) is 0 Å². The predicted octanol–water partition coefficient (Wildman–Crippen LogP) is -2.82. The van der Waals surface area contributed by atoms with Crippen LogP contribution in [-0.4, -0.2) is 91.1 Å². The molecule has 3 aliphatic rings. The van der Waals surface area contributed by atoms with Crippen molar-refractivity contribution in [2.45, 2.75) is 86.8 Å². The second kappa shape index (κ2) is 9.74. The van der Waals surface area contributed by atoms with Crippen LogP contribution in [0.5, 0.6) is 0 Å². The van der Waals surface area contributed by atoms with Crippen molar-refractivity contribution in [2.24, 2.45) is 22.9 Å². The summed E-state index contributed by atoms with van der Waals surface area (Å²) in [4.78, 5) is 0. The molecule has 0 bridgehead atoms. The molecule has 1 aliphatic carbocycles. The Balaban J connectivity index is 1.63. The lowest BCUT2D eigenvalue weighted by Gasteiger charge is -2.46. The van der Waals surface area contributed by atoms with Gasteiger partial charge in [0.15, 0.2) is 6.29 Å². The van der Waals surface area contributed by atoms with Crippen LogP contribution < -0.4 is 28.3 Å². The number of nitrogens with one attached hydrogen (secondary N) is 1. The number of hydrogen-bond donors (Lipinski definition) is 7. The second-order valence-electron chi connectivity index (χ2n) is 8.70. The molecule has 174 valence electrons. The van der Waals surface area contributed by atoms with E-state index in [1.54, 1.807) is 14.0 Å². The number of aliphatic hydroxyl groups is 2. The van der Waals surface area contributed by atoms with Crippen molar-refractivity contribution in [3.8, 4) is 0 Å². The van der Waals surface area contributed by atoms with Crippen LogP contribution in [0.4, 0.5) is 0 Å². The molecule has 0 radical (unpaired) electrons. The molecular formula is C19H37N5O6. The molecule has 10 unspecified atom stereocenters. The van der Waals surface area contributed by atoms with Crippen LogP contribution >= 0.6 is 0 Å². The Bertz CT molecular complexity index is 608. The number of hydrogen-bond acceptors (Lipinski definition) is 11. The summed E-state index contributed by atoms with van der Waals surface area (Å²) in [5.41, 5.74) is 23.1. The summed E-state index contributed by atoms with van der Waals surface area (Å²) in [6.07, 6.45) is -0.196. The SMILES string of the molecule is CNC1C(O)C(OC2CC(OC3OC(CN)=CCC3N)C(N)CC2N)OCC1(C)O. The number of nitrogens with two attached hydrogens (primary N) is 4. The first kappa shape index (κ1) is 23.8. The molecule has 11 N–H and O–H groups in total. The quantitative estimate of drug-likeness (QED) is 0.229. The van der Waals surface area contributed by atoms with Crippen molar-refractivity contribution in [2.75, 3.05) is 20.2 Å². The lowest BCUT2D eigenvalue weighted by molar-refractivity contribution is -0.288. The summed E-state index contributed by atoms with van der Waals surface area (Å²) >= 11 is 0. The van der Waals surface area contributed by atoms with E-state index < -0.39 is 42.5 Å². The number of aliphatic hydroxyl groups excluding tert-OH is 1. The zero-order valence-corrected chi connectivity index (χ0v) is 17.6. The van der Waals surface area contributed by atoms with Crippen molar-refractivity contribution in [3.63, 3.8) is 0 Å². The van der Waals surface area contributed by atoms with Gasteiger partial charge in [-0.25, -0.2) is 0 Å². The molecule has 1 saturated heterocycles. The van der Waals surface area contributed by atoms with Gasteiger partial charge >= 0.3 is 0 Å². The predicted molar refractivity (Wildman–Crippen MR) is 109 cm³/mol. The minimum absolute atomic E-state index is 0.0145. The fraction of sp³-hybridized carbons (Fsp3) is 0.895. The second-order valence-corrected chi connectivity index (χ2v) is 8.70. The molecule has 11 nitrogen and oxygen atoms in total. The van der Waals surface area contributed by atoms with E-state index in [-0.39, 0.29) is 31.3 Å². The van der Waals surface area contributed by atoms with Gasteiger partial charge in [-0.2, -0.15) is 0 Å². The summed E-state index contributed by atoms with van der Waals surface area (Å²) in [7, 11) is 1.66. The fourth-order valence-electron chi connectivity index (χ4n) is 4.34. The molecule has 3 rings (SSSR count). The molecule has 11 heteroatoms. The van der Waals surface area contributed by atoms with Gasteiger partial charge in [0.25, 0.3) is 0 Å². The number of ether oxygens (including phenoxy) is 4. The molecule has 0 aromatic rings. The van der Waals surface area contributed by atoms with E-state index in [1.165, 1.54) is 0 Å². The van der Waals surface area contributed by atoms with Gasteiger partial charge in [-0.15, -0.1) is 0 Å². The van der Waals surface area contributed by atoms with Crippen molar-refractivity contribution in [1.82, 2.24) is 5.32 Å². The summed E-state index contributed by atoms with van der Waals surface area (Å²) in [6.45, 7) is 1.88. The van der Waals surface area contributed by atoms with Gasteiger partial charge in [-0.3, -0.25) is 0 Å². The Morgan fingerprint density at radius 1 is 1.13 bits per heavy atom. The molecule has 2 aliphatic heterocycles. The Morgan fingerprint density at radius 2 is 1.77 bits per heavy atom. The standard InChI is InChI=1S/C19H37N5O6/c1-19(26)8-27-18(15(25)16(19)24-2)30-14-6-13(11(22)5-12(14)23)29-17-10(21)4-3-9(7-20)28-17/h3,10-18,24-26H,4-8,20-23H2,1-2H3. The molecule has 2 fully saturated rings. The zero-order chi connectivity index (χ0) is 22.1. The zero-order valence-electron chi connectivity index (χ0n) is 17.6. The summed E-state index contributed by atoms with van der Waals surface area (Å²) in [5, 5.41) is 24.0. The van der Waals surface area contributed by atoms with Crippen molar-refractivity contribution in [1.29, 1.82) is 0 Å². The largest absolute Gasteiger partial charge is 0.467 e. The van der Waals surface area contributed by atoms with Gasteiger partial charge in [0.2, 0.25) is 6.29 Å². The normalized spacial score (nSPS) is 47.5. The molecule has 0 aromatic heterocycles. The van der Waals surface area contributed by atoms with Crippen LogP contribution in [0.3, 0.4) is 0 Å². The molecule has 0 spiro atoms. The first-order chi connectivity index (χ1) is 14.2. The maximum Gasteiger partial charge on any atom is 0.215 e. The molecular weight excluding hydrogens is 394 g/mol. The van der Waals surface area contributed by atoms with Crippen LogP contribution in [0.1, 0.15) is 26.2 Å². The smallest absolute Gasteiger partial charge is 0.215 e. The van der Waals surface area contributed by atoms with Crippen LogP contribution in [0.15, 0.2) is 11.8 Å². The first-order valence-electron chi connectivity index (χ1n) is 10.5. The molecule has 1 saturated carbocycles. The number of likely N-dealkylation sites (N-methyl/N-ethyl adjacent to an activating group) is 1. The van der Waals surface area contributed by atoms with Crippen LogP contribution in [-0.2, 0) is 18.9 Å². The topological polar surface area (TPSA) is 193 Å². The summed E-state index contributed by atoms with van der Waals surface area (Å²) < 4.78 is 23.5. The fourth-order valence-corrected chi connectivity index (χ4v) is 4.34. The van der Waals surface area contributed by atoms with Crippen LogP contribution in [0, 0.1) is 0 Å². The van der Waals surface area contributed by atoms with Crippen molar-refractivity contribution in [3.05, 3.63) is 11.8 Å². The molecule has 0 amide bonds. The number of rotatable bonds is 6. The third kappa shape index (κ3) is 5.13. The van der Waals surface area contributed by atoms with Gasteiger partial charge < -0.3 is 57.4 Å². The van der Waals surface area contributed by atoms with Gasteiger partial charge in [0, 0.05) is 18.5 Å². The van der Waals surface area contributed by atoms with E-state index in [9.17, 15) is 10.2 Å². The average molecular weight is 432 g/mol. The van der Waals surface area contributed by atoms with Crippen LogP contribution in [0.25, 0.3) is 0 Å². The van der Waals surface area contributed by atoms with Crippen molar-refractivity contribution < 1.29 is 29.2 Å². The first-order valence-corrected chi connectivity index (χ1v) is 10.5. The van der Waals surface area contributed by atoms with Gasteiger partial charge in [-0.05, 0) is 32.9 Å². The van der Waals surface area contributed by atoms with E-state index >= 15 is 0 Å². The Labute approximate surface area is 177 Å². The highest BCUT2D eigenvalue weighted by Crippen LogP contribution is 2.30. The van der Waals surface area contributed by atoms with Crippen molar-refractivity contribution >= 4 is 0 Å².